The van der Waals surface area contributed by atoms with Gasteiger partial charge in [0, 0.05) is 0 Å². The Morgan fingerprint density at radius 2 is 1.32 bits per heavy atom. The van der Waals surface area contributed by atoms with E-state index in [1.54, 1.807) is 0 Å². The first-order chi connectivity index (χ1) is 11.9. The molecule has 0 aromatic rings. The highest BCUT2D eigenvalue weighted by Crippen LogP contribution is 2.33. The molecule has 0 aromatic heterocycles. The molecule has 0 spiro atoms. The Bertz CT molecular complexity index is 347. The van der Waals surface area contributed by atoms with Gasteiger partial charge in [0.05, 0.1) is 0 Å². The molecular formula is C20H35Cl3O2. The lowest BCUT2D eigenvalue weighted by molar-refractivity contribution is -0.149. The van der Waals surface area contributed by atoms with Crippen LogP contribution in [0.3, 0.4) is 0 Å². The third-order valence-corrected chi connectivity index (χ3v) is 5.73. The number of halogens is 3. The second-order valence-corrected chi connectivity index (χ2v) is 9.80. The van der Waals surface area contributed by atoms with E-state index < -0.39 is 9.76 Å². The molecule has 0 radical (unpaired) electrons. The lowest BCUT2D eigenvalue weighted by Crippen LogP contribution is -2.30. The maximum absolute atomic E-state index is 11.6. The second-order valence-electron chi connectivity index (χ2n) is 7.52. The minimum absolute atomic E-state index is 0.0768. The minimum Gasteiger partial charge on any atom is -0.459 e. The summed E-state index contributed by atoms with van der Waals surface area (Å²) in [5.41, 5.74) is 0. The molecule has 0 heterocycles. The van der Waals surface area contributed by atoms with Crippen molar-refractivity contribution in [2.24, 2.45) is 5.92 Å². The highest BCUT2D eigenvalue weighted by molar-refractivity contribution is 6.75. The number of rotatable bonds is 12. The third kappa shape index (κ3) is 11.6. The zero-order valence-electron chi connectivity index (χ0n) is 15.7. The molecule has 2 nitrogen and oxygen atoms in total. The number of esters is 1. The fraction of sp³-hybridized carbons (Fsp3) is 0.950. The first-order valence-corrected chi connectivity index (χ1v) is 11.3. The summed E-state index contributed by atoms with van der Waals surface area (Å²) < 4.78 is 3.32. The van der Waals surface area contributed by atoms with Crippen LogP contribution in [0.4, 0.5) is 0 Å². The summed E-state index contributed by atoms with van der Waals surface area (Å²) in [5, 5.41) is 0. The van der Waals surface area contributed by atoms with Gasteiger partial charge < -0.3 is 4.74 Å². The molecule has 148 valence electrons. The van der Waals surface area contributed by atoms with Crippen LogP contribution < -0.4 is 0 Å². The molecule has 1 fully saturated rings. The van der Waals surface area contributed by atoms with E-state index in [-0.39, 0.29) is 6.10 Å². The van der Waals surface area contributed by atoms with Gasteiger partial charge in [-0.15, -0.1) is 0 Å². The van der Waals surface area contributed by atoms with Crippen LogP contribution in [0.5, 0.6) is 0 Å². The van der Waals surface area contributed by atoms with Gasteiger partial charge in [0.15, 0.2) is 0 Å². The highest BCUT2D eigenvalue weighted by atomic mass is 35.6. The van der Waals surface area contributed by atoms with E-state index in [0.717, 1.165) is 31.6 Å². The van der Waals surface area contributed by atoms with Crippen molar-refractivity contribution < 1.29 is 9.53 Å². The standard InChI is InChI=1S/C20H35Cl3O2/c1-2-3-4-5-6-7-8-9-10-11-12-17-13-15-18(16-14-17)25-19(24)20(21,22)23/h17-18H,2-16H2,1H3. The van der Waals surface area contributed by atoms with E-state index in [2.05, 4.69) is 6.92 Å². The zero-order valence-corrected chi connectivity index (χ0v) is 18.0. The van der Waals surface area contributed by atoms with E-state index in [1.165, 1.54) is 70.6 Å². The van der Waals surface area contributed by atoms with Crippen LogP contribution in [-0.2, 0) is 9.53 Å². The molecule has 1 saturated carbocycles. The van der Waals surface area contributed by atoms with Gasteiger partial charge in [-0.05, 0) is 31.6 Å². The summed E-state index contributed by atoms with van der Waals surface area (Å²) in [7, 11) is 0. The van der Waals surface area contributed by atoms with Crippen molar-refractivity contribution in [1.82, 2.24) is 0 Å². The summed E-state index contributed by atoms with van der Waals surface area (Å²) >= 11 is 16.6. The van der Waals surface area contributed by atoms with Crippen molar-refractivity contribution in [2.45, 2.75) is 113 Å². The van der Waals surface area contributed by atoms with Crippen molar-refractivity contribution >= 4 is 40.8 Å². The Labute approximate surface area is 169 Å². The Morgan fingerprint density at radius 3 is 1.80 bits per heavy atom. The van der Waals surface area contributed by atoms with Crippen LogP contribution in [0, 0.1) is 5.92 Å². The molecule has 0 aromatic carbocycles. The molecule has 0 saturated heterocycles. The molecule has 1 aliphatic rings. The minimum atomic E-state index is -1.95. The number of carbonyl (C=O) groups excluding carboxylic acids is 1. The van der Waals surface area contributed by atoms with E-state index in [9.17, 15) is 4.79 Å². The van der Waals surface area contributed by atoms with Crippen molar-refractivity contribution in [3.05, 3.63) is 0 Å². The normalized spacial score (nSPS) is 21.3. The second kappa shape index (κ2) is 13.5. The number of hydrogen-bond acceptors (Lipinski definition) is 2. The summed E-state index contributed by atoms with van der Waals surface area (Å²) in [6.07, 6.45) is 19.1. The average Bonchev–Trinajstić information content (AvgIpc) is 2.57. The highest BCUT2D eigenvalue weighted by Gasteiger charge is 2.35. The van der Waals surface area contributed by atoms with Gasteiger partial charge in [0.1, 0.15) is 6.10 Å². The molecule has 1 aliphatic carbocycles. The molecule has 5 heteroatoms. The monoisotopic (exact) mass is 412 g/mol. The molecule has 0 N–H and O–H groups in total. The quantitative estimate of drug-likeness (QED) is 0.185. The first-order valence-electron chi connectivity index (χ1n) is 10.2. The lowest BCUT2D eigenvalue weighted by atomic mass is 9.84. The largest absolute Gasteiger partial charge is 0.459 e. The van der Waals surface area contributed by atoms with E-state index >= 15 is 0 Å². The predicted molar refractivity (Wildman–Crippen MR) is 109 cm³/mol. The van der Waals surface area contributed by atoms with Crippen LogP contribution in [0.25, 0.3) is 0 Å². The van der Waals surface area contributed by atoms with Gasteiger partial charge in [-0.25, -0.2) is 4.79 Å². The topological polar surface area (TPSA) is 26.3 Å². The Kier molecular flexibility index (Phi) is 12.6. The van der Waals surface area contributed by atoms with Gasteiger partial charge in [0.25, 0.3) is 3.79 Å². The van der Waals surface area contributed by atoms with Crippen molar-refractivity contribution in [1.29, 1.82) is 0 Å². The molecular weight excluding hydrogens is 379 g/mol. The maximum atomic E-state index is 11.6. The van der Waals surface area contributed by atoms with Crippen LogP contribution in [-0.4, -0.2) is 15.9 Å². The number of ether oxygens (including phenoxy) is 1. The summed E-state index contributed by atoms with van der Waals surface area (Å²) in [4.78, 5) is 11.6. The zero-order chi connectivity index (χ0) is 18.5. The maximum Gasteiger partial charge on any atom is 0.358 e. The number of unbranched alkanes of at least 4 members (excludes halogenated alkanes) is 9. The molecule has 0 unspecified atom stereocenters. The van der Waals surface area contributed by atoms with Crippen LogP contribution >= 0.6 is 34.8 Å². The third-order valence-electron chi connectivity index (χ3n) is 5.26. The number of hydrogen-bond donors (Lipinski definition) is 0. The number of alkyl halides is 3. The Balaban J connectivity index is 1.95. The molecule has 0 bridgehead atoms. The van der Waals surface area contributed by atoms with E-state index in [1.807, 2.05) is 0 Å². The fourth-order valence-corrected chi connectivity index (χ4v) is 3.81. The first kappa shape index (κ1) is 23.4. The van der Waals surface area contributed by atoms with E-state index in [4.69, 9.17) is 39.5 Å². The van der Waals surface area contributed by atoms with Gasteiger partial charge >= 0.3 is 5.97 Å². The molecule has 0 amide bonds. The molecule has 0 aliphatic heterocycles. The summed E-state index contributed by atoms with van der Waals surface area (Å²) in [5.74, 6) is 0.0346. The fourth-order valence-electron chi connectivity index (χ4n) is 3.68. The SMILES string of the molecule is CCCCCCCCCCCCC1CCC(OC(=O)C(Cl)(Cl)Cl)CC1. The molecule has 1 rings (SSSR count). The number of carbonyl (C=O) groups is 1. The lowest BCUT2D eigenvalue weighted by Gasteiger charge is -2.29. The van der Waals surface area contributed by atoms with Gasteiger partial charge in [-0.1, -0.05) is 112 Å². The van der Waals surface area contributed by atoms with Gasteiger partial charge in [0.2, 0.25) is 0 Å². The Morgan fingerprint density at radius 1 is 0.840 bits per heavy atom. The van der Waals surface area contributed by atoms with Gasteiger partial charge in [-0.2, -0.15) is 0 Å². The van der Waals surface area contributed by atoms with Crippen LogP contribution in [0.15, 0.2) is 0 Å². The average molecular weight is 414 g/mol. The van der Waals surface area contributed by atoms with Gasteiger partial charge in [-0.3, -0.25) is 0 Å². The summed E-state index contributed by atoms with van der Waals surface area (Å²) in [6, 6.07) is 0. The van der Waals surface area contributed by atoms with Crippen molar-refractivity contribution in [3.63, 3.8) is 0 Å². The summed E-state index contributed by atoms with van der Waals surface area (Å²) in [6.45, 7) is 2.27. The smallest absolute Gasteiger partial charge is 0.358 e. The van der Waals surface area contributed by atoms with Crippen LogP contribution in [0.1, 0.15) is 103 Å². The van der Waals surface area contributed by atoms with Crippen LogP contribution in [0.2, 0.25) is 0 Å². The molecule has 0 atom stereocenters. The predicted octanol–water partition coefficient (Wildman–Crippen LogP) is 7.77. The Hall–Kier alpha value is 0.340. The van der Waals surface area contributed by atoms with E-state index in [0.29, 0.717) is 0 Å². The van der Waals surface area contributed by atoms with Crippen molar-refractivity contribution in [2.75, 3.05) is 0 Å². The molecule has 25 heavy (non-hydrogen) atoms. The van der Waals surface area contributed by atoms with Crippen molar-refractivity contribution in [3.8, 4) is 0 Å².